The summed E-state index contributed by atoms with van der Waals surface area (Å²) in [6.45, 7) is 0. The Balaban J connectivity index is 2.19. The average molecular weight is 212 g/mol. The molecule has 1 aromatic carbocycles. The Bertz CT molecular complexity index is 414. The molecule has 2 rings (SSSR count). The molecule has 0 amide bonds. The summed E-state index contributed by atoms with van der Waals surface area (Å²) < 4.78 is 0. The van der Waals surface area contributed by atoms with Gasteiger partial charge in [-0.3, -0.25) is 0 Å². The van der Waals surface area contributed by atoms with E-state index in [0.29, 0.717) is 0 Å². The van der Waals surface area contributed by atoms with Crippen molar-refractivity contribution >= 4 is 6.08 Å². The van der Waals surface area contributed by atoms with Gasteiger partial charge in [0, 0.05) is 6.04 Å². The van der Waals surface area contributed by atoms with Crippen LogP contribution < -0.4 is 5.73 Å². The monoisotopic (exact) mass is 212 g/mol. The molecule has 2 heteroatoms. The third-order valence-electron chi connectivity index (χ3n) is 3.12. The van der Waals surface area contributed by atoms with Crippen molar-refractivity contribution in [2.24, 2.45) is 11.7 Å². The minimum absolute atomic E-state index is 0.129. The Morgan fingerprint density at radius 3 is 2.69 bits per heavy atom. The predicted octanol–water partition coefficient (Wildman–Crippen LogP) is 2.72. The number of hydrogen-bond donors (Lipinski definition) is 1. The molecule has 0 radical (unpaired) electrons. The molecule has 1 aliphatic carbocycles. The lowest BCUT2D eigenvalue weighted by Gasteiger charge is -2.25. The van der Waals surface area contributed by atoms with E-state index in [9.17, 15) is 0 Å². The van der Waals surface area contributed by atoms with Crippen LogP contribution in [0.3, 0.4) is 0 Å². The maximum absolute atomic E-state index is 8.94. The van der Waals surface area contributed by atoms with Crippen molar-refractivity contribution in [3.05, 3.63) is 41.5 Å². The lowest BCUT2D eigenvalue weighted by atomic mass is 9.82. The molecule has 2 N–H and O–H groups in total. The van der Waals surface area contributed by atoms with Crippen molar-refractivity contribution in [3.63, 3.8) is 0 Å². The van der Waals surface area contributed by atoms with Gasteiger partial charge in [0.1, 0.15) is 0 Å². The summed E-state index contributed by atoms with van der Waals surface area (Å²) in [7, 11) is 0. The third kappa shape index (κ3) is 2.50. The Labute approximate surface area is 96.4 Å². The summed E-state index contributed by atoms with van der Waals surface area (Å²) in [6, 6.07) is 12.6. The van der Waals surface area contributed by atoms with Crippen molar-refractivity contribution in [1.29, 1.82) is 5.26 Å². The van der Waals surface area contributed by atoms with Gasteiger partial charge in [0.2, 0.25) is 0 Å². The lowest BCUT2D eigenvalue weighted by Crippen LogP contribution is -2.28. The molecule has 0 saturated heterocycles. The zero-order chi connectivity index (χ0) is 11.4. The molecule has 1 aromatic rings. The topological polar surface area (TPSA) is 49.8 Å². The molecule has 82 valence electrons. The van der Waals surface area contributed by atoms with Gasteiger partial charge in [0.05, 0.1) is 12.0 Å². The van der Waals surface area contributed by atoms with Crippen LogP contribution in [0.4, 0.5) is 0 Å². The highest BCUT2D eigenvalue weighted by atomic mass is 14.6. The molecule has 0 aromatic heterocycles. The van der Waals surface area contributed by atoms with Crippen molar-refractivity contribution in [2.75, 3.05) is 0 Å². The zero-order valence-electron chi connectivity index (χ0n) is 9.26. The summed E-state index contributed by atoms with van der Waals surface area (Å²) in [5.74, 6) is 0.148. The molecule has 1 saturated carbocycles. The molecule has 2 atom stereocenters. The van der Waals surface area contributed by atoms with Gasteiger partial charge in [0.25, 0.3) is 0 Å². The maximum Gasteiger partial charge on any atom is 0.0659 e. The number of nitrogens with two attached hydrogens (primary N) is 1. The molecule has 2 unspecified atom stereocenters. The molecule has 0 aliphatic heterocycles. The second kappa shape index (κ2) is 4.96. The van der Waals surface area contributed by atoms with Gasteiger partial charge in [-0.05, 0) is 24.8 Å². The average Bonchev–Trinajstić information content (AvgIpc) is 2.33. The van der Waals surface area contributed by atoms with E-state index in [1.54, 1.807) is 0 Å². The van der Waals surface area contributed by atoms with Gasteiger partial charge in [-0.1, -0.05) is 42.0 Å². The zero-order valence-corrected chi connectivity index (χ0v) is 9.26. The second-order valence-corrected chi connectivity index (χ2v) is 4.34. The second-order valence-electron chi connectivity index (χ2n) is 4.34. The molecule has 0 bridgehead atoms. The first-order chi connectivity index (χ1) is 7.79. The summed E-state index contributed by atoms with van der Waals surface area (Å²) in [5, 5.41) is 8.94. The Morgan fingerprint density at radius 2 is 2.00 bits per heavy atom. The minimum atomic E-state index is 0.129. The van der Waals surface area contributed by atoms with Crippen LogP contribution in [-0.4, -0.2) is 6.04 Å². The van der Waals surface area contributed by atoms with Crippen LogP contribution in [0.25, 0.3) is 6.08 Å². The number of benzene rings is 1. The van der Waals surface area contributed by atoms with Crippen LogP contribution in [-0.2, 0) is 0 Å². The van der Waals surface area contributed by atoms with Gasteiger partial charge < -0.3 is 5.73 Å². The molecule has 16 heavy (non-hydrogen) atoms. The first kappa shape index (κ1) is 10.9. The van der Waals surface area contributed by atoms with Crippen molar-refractivity contribution in [2.45, 2.75) is 25.3 Å². The molecule has 2 nitrogen and oxygen atoms in total. The van der Waals surface area contributed by atoms with E-state index in [4.69, 9.17) is 11.0 Å². The molecular formula is C14H16N2. The molecule has 0 spiro atoms. The van der Waals surface area contributed by atoms with Crippen LogP contribution in [0.15, 0.2) is 35.9 Å². The Morgan fingerprint density at radius 1 is 1.25 bits per heavy atom. The Kier molecular flexibility index (Phi) is 3.38. The quantitative estimate of drug-likeness (QED) is 0.778. The van der Waals surface area contributed by atoms with Crippen molar-refractivity contribution < 1.29 is 0 Å². The molecule has 0 heterocycles. The maximum atomic E-state index is 8.94. The summed E-state index contributed by atoms with van der Waals surface area (Å²) in [4.78, 5) is 0. The van der Waals surface area contributed by atoms with E-state index in [2.05, 4.69) is 24.3 Å². The van der Waals surface area contributed by atoms with E-state index in [0.717, 1.165) is 19.3 Å². The first-order valence-corrected chi connectivity index (χ1v) is 5.70. The minimum Gasteiger partial charge on any atom is -0.324 e. The van der Waals surface area contributed by atoms with Crippen LogP contribution in [0, 0.1) is 17.2 Å². The highest BCUT2D eigenvalue weighted by Crippen LogP contribution is 2.28. The van der Waals surface area contributed by atoms with Gasteiger partial charge in [0.15, 0.2) is 0 Å². The summed E-state index contributed by atoms with van der Waals surface area (Å²) in [5.41, 5.74) is 8.45. The highest BCUT2D eigenvalue weighted by molar-refractivity contribution is 5.54. The third-order valence-corrected chi connectivity index (χ3v) is 3.12. The van der Waals surface area contributed by atoms with E-state index < -0.39 is 0 Å². The Hall–Kier alpha value is -1.59. The highest BCUT2D eigenvalue weighted by Gasteiger charge is 2.22. The van der Waals surface area contributed by atoms with Crippen LogP contribution in [0.2, 0.25) is 0 Å². The van der Waals surface area contributed by atoms with E-state index >= 15 is 0 Å². The fraction of sp³-hybridized carbons (Fsp3) is 0.357. The number of rotatable bonds is 1. The molecule has 1 aliphatic rings. The van der Waals surface area contributed by atoms with E-state index in [1.807, 2.05) is 18.2 Å². The van der Waals surface area contributed by atoms with Gasteiger partial charge >= 0.3 is 0 Å². The SMILES string of the molecule is N#CC1CCC(N)C(=Cc2ccccc2)C1. The van der Waals surface area contributed by atoms with Crippen LogP contribution >= 0.6 is 0 Å². The van der Waals surface area contributed by atoms with Crippen molar-refractivity contribution in [1.82, 2.24) is 0 Å². The largest absolute Gasteiger partial charge is 0.324 e. The summed E-state index contributed by atoms with van der Waals surface area (Å²) >= 11 is 0. The lowest BCUT2D eigenvalue weighted by molar-refractivity contribution is 0.465. The number of nitrogens with zero attached hydrogens (tertiary/aromatic N) is 1. The first-order valence-electron chi connectivity index (χ1n) is 5.70. The van der Waals surface area contributed by atoms with E-state index in [-0.39, 0.29) is 12.0 Å². The number of nitriles is 1. The molecule has 1 fully saturated rings. The fourth-order valence-electron chi connectivity index (χ4n) is 2.14. The van der Waals surface area contributed by atoms with E-state index in [1.165, 1.54) is 11.1 Å². The van der Waals surface area contributed by atoms with Crippen LogP contribution in [0.5, 0.6) is 0 Å². The van der Waals surface area contributed by atoms with Gasteiger partial charge in [-0.15, -0.1) is 0 Å². The standard InChI is InChI=1S/C14H16N2/c15-10-12-6-7-14(16)13(9-12)8-11-4-2-1-3-5-11/h1-5,8,12,14H,6-7,9,16H2. The number of hydrogen-bond acceptors (Lipinski definition) is 2. The smallest absolute Gasteiger partial charge is 0.0659 e. The normalized spacial score (nSPS) is 27.6. The van der Waals surface area contributed by atoms with Crippen molar-refractivity contribution in [3.8, 4) is 6.07 Å². The predicted molar refractivity (Wildman–Crippen MR) is 65.3 cm³/mol. The van der Waals surface area contributed by atoms with Crippen LogP contribution in [0.1, 0.15) is 24.8 Å². The van der Waals surface area contributed by atoms with Gasteiger partial charge in [-0.25, -0.2) is 0 Å². The molecular weight excluding hydrogens is 196 g/mol. The fourth-order valence-corrected chi connectivity index (χ4v) is 2.14. The summed E-state index contributed by atoms with van der Waals surface area (Å²) in [6.07, 6.45) is 4.82. The van der Waals surface area contributed by atoms with Gasteiger partial charge in [-0.2, -0.15) is 5.26 Å².